The molecule has 0 unspecified atom stereocenters. The summed E-state index contributed by atoms with van der Waals surface area (Å²) >= 11 is 0. The Bertz CT molecular complexity index is 1240. The van der Waals surface area contributed by atoms with Gasteiger partial charge >= 0.3 is 11.9 Å². The third-order valence-electron chi connectivity index (χ3n) is 4.99. The molecule has 186 valence electrons. The molecule has 0 aliphatic rings. The molecule has 12 nitrogen and oxygen atoms in total. The van der Waals surface area contributed by atoms with Crippen molar-refractivity contribution in [2.75, 3.05) is 6.54 Å². The van der Waals surface area contributed by atoms with E-state index in [4.69, 9.17) is 18.9 Å². The summed E-state index contributed by atoms with van der Waals surface area (Å²) in [5.41, 5.74) is 0.800. The molecule has 0 aliphatic heterocycles. The van der Waals surface area contributed by atoms with Crippen molar-refractivity contribution in [3.8, 4) is 34.2 Å². The number of amides is 1. The molecule has 1 amide bonds. The number of hydrogen-bond donors (Lipinski definition) is 3. The highest BCUT2D eigenvalue weighted by Gasteiger charge is 2.30. The van der Waals surface area contributed by atoms with Crippen LogP contribution in [0.5, 0.6) is 11.5 Å². The molecule has 0 bridgehead atoms. The van der Waals surface area contributed by atoms with Crippen LogP contribution >= 0.6 is 0 Å². The first-order valence-corrected chi connectivity index (χ1v) is 11.0. The number of nitrogens with zero attached hydrogens (tertiary/aromatic N) is 3. The van der Waals surface area contributed by atoms with Crippen LogP contribution in [0.15, 0.2) is 21.2 Å². The predicted octanol–water partition coefficient (Wildman–Crippen LogP) is 3.44. The Morgan fingerprint density at radius 2 is 1.89 bits per heavy atom. The van der Waals surface area contributed by atoms with Crippen molar-refractivity contribution >= 4 is 17.8 Å². The van der Waals surface area contributed by atoms with Gasteiger partial charge in [-0.05, 0) is 30.9 Å². The summed E-state index contributed by atoms with van der Waals surface area (Å²) in [5.74, 6) is -2.12. The number of rotatable bonds is 10. The Labute approximate surface area is 200 Å². The first-order valence-electron chi connectivity index (χ1n) is 11.0. The van der Waals surface area contributed by atoms with Crippen LogP contribution < -0.4 is 10.1 Å². The number of hydrogen-bond acceptors (Lipinski definition) is 10. The highest BCUT2D eigenvalue weighted by atomic mass is 16.5. The Kier molecular flexibility index (Phi) is 7.84. The summed E-state index contributed by atoms with van der Waals surface area (Å²) in [5, 5.41) is 29.9. The van der Waals surface area contributed by atoms with E-state index in [1.54, 1.807) is 19.9 Å². The van der Waals surface area contributed by atoms with Crippen LogP contribution in [0.1, 0.15) is 67.9 Å². The van der Waals surface area contributed by atoms with E-state index >= 15 is 0 Å². The summed E-state index contributed by atoms with van der Waals surface area (Å²) in [6.45, 7) is 7.41. The molecule has 0 atom stereocenters. The summed E-state index contributed by atoms with van der Waals surface area (Å²) < 4.78 is 15.9. The van der Waals surface area contributed by atoms with Gasteiger partial charge in [-0.2, -0.15) is 4.98 Å². The van der Waals surface area contributed by atoms with E-state index in [2.05, 4.69) is 20.6 Å². The van der Waals surface area contributed by atoms with Crippen LogP contribution in [0, 0.1) is 6.92 Å². The minimum Gasteiger partial charge on any atom is -0.507 e. The predicted molar refractivity (Wildman–Crippen MR) is 121 cm³/mol. The lowest BCUT2D eigenvalue weighted by molar-refractivity contribution is -0.137. The third-order valence-corrected chi connectivity index (χ3v) is 4.99. The van der Waals surface area contributed by atoms with Gasteiger partial charge in [-0.3, -0.25) is 14.4 Å². The summed E-state index contributed by atoms with van der Waals surface area (Å²) in [4.78, 5) is 39.6. The molecule has 0 fully saturated rings. The molecule has 12 heteroatoms. The van der Waals surface area contributed by atoms with Crippen molar-refractivity contribution in [3.63, 3.8) is 0 Å². The molecule has 0 aliphatic carbocycles. The number of carboxylic acid groups (broad SMARTS) is 1. The Morgan fingerprint density at radius 3 is 2.49 bits per heavy atom. The number of nitrogens with one attached hydrogen (secondary N) is 1. The van der Waals surface area contributed by atoms with E-state index in [-0.39, 0.29) is 71.0 Å². The molecule has 0 saturated heterocycles. The van der Waals surface area contributed by atoms with Gasteiger partial charge < -0.3 is 29.3 Å². The number of aliphatic carboxylic acids is 1. The normalized spacial score (nSPS) is 11.0. The number of benzene rings is 1. The zero-order chi connectivity index (χ0) is 25.7. The van der Waals surface area contributed by atoms with Gasteiger partial charge in [0.1, 0.15) is 17.1 Å². The minimum absolute atomic E-state index is 0.0331. The Hall–Kier alpha value is -4.22. The number of carboxylic acids is 1. The van der Waals surface area contributed by atoms with E-state index in [1.165, 1.54) is 6.07 Å². The molecule has 2 heterocycles. The van der Waals surface area contributed by atoms with Gasteiger partial charge in [0.2, 0.25) is 11.7 Å². The van der Waals surface area contributed by atoms with Crippen LogP contribution in [0.4, 0.5) is 0 Å². The number of carbonyl (C=O) groups is 3. The number of carbonyl (C=O) groups excluding carboxylic acids is 2. The molecule has 3 aromatic rings. The largest absolute Gasteiger partial charge is 0.507 e. The average Bonchev–Trinajstić information content (AvgIpc) is 3.39. The molecule has 0 radical (unpaired) electrons. The standard InChI is InChI=1S/C23H26N4O8/c1-5-24-23(32)20-19(22-25-12(4)34-27-22)21(35-26-20)14-9-13(11(2)3)16(10-15(14)28)33-18(31)8-6-7-17(29)30/h9-11,28H,5-8H2,1-4H3,(H,24,32)(H,29,30). The molecule has 3 N–H and O–H groups in total. The van der Waals surface area contributed by atoms with Crippen molar-refractivity contribution in [1.29, 1.82) is 0 Å². The maximum Gasteiger partial charge on any atom is 0.311 e. The number of ether oxygens (including phenoxy) is 1. The second-order valence-electron chi connectivity index (χ2n) is 8.02. The molecular formula is C23H26N4O8. The van der Waals surface area contributed by atoms with Gasteiger partial charge in [0, 0.05) is 32.4 Å². The van der Waals surface area contributed by atoms with Crippen molar-refractivity contribution < 1.29 is 38.4 Å². The van der Waals surface area contributed by atoms with E-state index < -0.39 is 17.8 Å². The molecular weight excluding hydrogens is 460 g/mol. The van der Waals surface area contributed by atoms with Crippen molar-refractivity contribution in [3.05, 3.63) is 29.3 Å². The number of esters is 1. The molecule has 35 heavy (non-hydrogen) atoms. The lowest BCUT2D eigenvalue weighted by Crippen LogP contribution is -2.23. The first-order chi connectivity index (χ1) is 16.6. The van der Waals surface area contributed by atoms with Crippen LogP contribution in [0.3, 0.4) is 0 Å². The van der Waals surface area contributed by atoms with Gasteiger partial charge in [0.25, 0.3) is 5.91 Å². The molecule has 1 aromatic carbocycles. The quantitative estimate of drug-likeness (QED) is 0.282. The van der Waals surface area contributed by atoms with E-state index in [0.29, 0.717) is 12.1 Å². The van der Waals surface area contributed by atoms with Crippen LogP contribution in [-0.4, -0.2) is 49.9 Å². The fourth-order valence-corrected chi connectivity index (χ4v) is 3.35. The zero-order valence-electron chi connectivity index (χ0n) is 19.7. The molecule has 0 spiro atoms. The summed E-state index contributed by atoms with van der Waals surface area (Å²) in [6.07, 6.45) is -0.122. The van der Waals surface area contributed by atoms with Crippen LogP contribution in [0.2, 0.25) is 0 Å². The summed E-state index contributed by atoms with van der Waals surface area (Å²) in [6, 6.07) is 2.83. The van der Waals surface area contributed by atoms with Gasteiger partial charge in [0.05, 0.1) is 5.56 Å². The average molecular weight is 486 g/mol. The third kappa shape index (κ3) is 5.83. The van der Waals surface area contributed by atoms with E-state index in [0.717, 1.165) is 0 Å². The Balaban J connectivity index is 2.05. The number of aromatic nitrogens is 3. The number of aryl methyl sites for hydroxylation is 1. The lowest BCUT2D eigenvalue weighted by atomic mass is 9.96. The number of phenols is 1. The van der Waals surface area contributed by atoms with Crippen molar-refractivity contribution in [2.45, 2.75) is 52.9 Å². The van der Waals surface area contributed by atoms with E-state index in [9.17, 15) is 19.5 Å². The SMILES string of the molecule is CCNC(=O)c1noc(-c2cc(C(C)C)c(OC(=O)CCCC(=O)O)cc2O)c1-c1noc(C)n1. The van der Waals surface area contributed by atoms with Crippen molar-refractivity contribution in [1.82, 2.24) is 20.6 Å². The van der Waals surface area contributed by atoms with Gasteiger partial charge in [-0.25, -0.2) is 0 Å². The minimum atomic E-state index is -1.01. The maximum atomic E-state index is 12.6. The van der Waals surface area contributed by atoms with Crippen molar-refractivity contribution in [2.24, 2.45) is 0 Å². The molecule has 3 rings (SSSR count). The highest BCUT2D eigenvalue weighted by molar-refractivity contribution is 6.01. The van der Waals surface area contributed by atoms with Gasteiger partial charge in [-0.1, -0.05) is 24.2 Å². The molecule has 0 saturated carbocycles. The first kappa shape index (κ1) is 25.4. The summed E-state index contributed by atoms with van der Waals surface area (Å²) in [7, 11) is 0. The van der Waals surface area contributed by atoms with E-state index in [1.807, 2.05) is 13.8 Å². The van der Waals surface area contributed by atoms with Gasteiger partial charge in [-0.15, -0.1) is 0 Å². The molecule has 2 aromatic heterocycles. The highest BCUT2D eigenvalue weighted by Crippen LogP contribution is 2.43. The van der Waals surface area contributed by atoms with Crippen LogP contribution in [-0.2, 0) is 9.59 Å². The van der Waals surface area contributed by atoms with Gasteiger partial charge in [0.15, 0.2) is 11.5 Å². The van der Waals surface area contributed by atoms with Crippen LogP contribution in [0.25, 0.3) is 22.7 Å². The zero-order valence-corrected chi connectivity index (χ0v) is 19.7. The fourth-order valence-electron chi connectivity index (χ4n) is 3.35. The fraction of sp³-hybridized carbons (Fsp3) is 0.391. The second kappa shape index (κ2) is 10.8. The maximum absolute atomic E-state index is 12.6. The monoisotopic (exact) mass is 486 g/mol. The topological polar surface area (TPSA) is 178 Å². The Morgan fingerprint density at radius 1 is 1.14 bits per heavy atom. The smallest absolute Gasteiger partial charge is 0.311 e. The second-order valence-corrected chi connectivity index (χ2v) is 8.02. The number of aromatic hydroxyl groups is 1. The lowest BCUT2D eigenvalue weighted by Gasteiger charge is -2.15. The number of phenolic OH excluding ortho intramolecular Hbond substituents is 1.